The van der Waals surface area contributed by atoms with E-state index in [1.807, 2.05) is 27.7 Å². The minimum absolute atomic E-state index is 0.113. The van der Waals surface area contributed by atoms with Crippen molar-refractivity contribution in [3.63, 3.8) is 0 Å². The Bertz CT molecular complexity index is 607. The van der Waals surface area contributed by atoms with Crippen molar-refractivity contribution >= 4 is 29.1 Å². The number of amides is 2. The van der Waals surface area contributed by atoms with Gasteiger partial charge in [-0.1, -0.05) is 26.0 Å². The molecule has 0 aromatic heterocycles. The average molecular weight is 366 g/mol. The molecule has 0 aliphatic heterocycles. The van der Waals surface area contributed by atoms with Gasteiger partial charge in [-0.2, -0.15) is 0 Å². The molecule has 138 valence electrons. The molecule has 1 rings (SSSR count). The summed E-state index contributed by atoms with van der Waals surface area (Å²) in [7, 11) is 0. The van der Waals surface area contributed by atoms with E-state index in [9.17, 15) is 9.59 Å². The van der Waals surface area contributed by atoms with E-state index in [2.05, 4.69) is 21.5 Å². The molecule has 1 unspecified atom stereocenters. The summed E-state index contributed by atoms with van der Waals surface area (Å²) in [5.41, 5.74) is 5.50. The van der Waals surface area contributed by atoms with Crippen molar-refractivity contribution in [1.29, 1.82) is 0 Å². The predicted octanol–water partition coefficient (Wildman–Crippen LogP) is 1.35. The highest BCUT2D eigenvalue weighted by Crippen LogP contribution is 2.18. The molecule has 2 amide bonds. The number of hydrogen-bond acceptors (Lipinski definition) is 4. The molecule has 1 aromatic carbocycles. The largest absolute Gasteiger partial charge is 0.493 e. The van der Waals surface area contributed by atoms with Crippen molar-refractivity contribution in [2.75, 3.05) is 13.2 Å². The molecule has 7 nitrogen and oxygen atoms in total. The van der Waals surface area contributed by atoms with E-state index in [-0.39, 0.29) is 17.7 Å². The van der Waals surface area contributed by atoms with Gasteiger partial charge in [0.15, 0.2) is 5.11 Å². The summed E-state index contributed by atoms with van der Waals surface area (Å²) in [6.07, 6.45) is 0. The van der Waals surface area contributed by atoms with Crippen LogP contribution in [0.4, 0.5) is 0 Å². The second kappa shape index (κ2) is 10.5. The molecule has 0 radical (unpaired) electrons. The summed E-state index contributed by atoms with van der Waals surface area (Å²) >= 11 is 4.99. The molecule has 4 N–H and O–H groups in total. The van der Waals surface area contributed by atoms with Gasteiger partial charge in [0.05, 0.1) is 12.2 Å². The first kappa shape index (κ1) is 20.7. The summed E-state index contributed by atoms with van der Waals surface area (Å²) in [6, 6.07) is 6.20. The number of carbonyl (C=O) groups is 2. The Labute approximate surface area is 153 Å². The molecule has 1 aromatic rings. The number of hydrazine groups is 1. The van der Waals surface area contributed by atoms with E-state index in [0.29, 0.717) is 29.6 Å². The van der Waals surface area contributed by atoms with Gasteiger partial charge in [-0.15, -0.1) is 0 Å². The molecule has 8 heteroatoms. The number of carbonyl (C=O) groups excluding carboxylic acids is 2. The third-order valence-corrected chi connectivity index (χ3v) is 3.55. The highest BCUT2D eigenvalue weighted by Gasteiger charge is 2.25. The molecule has 0 spiro atoms. The summed E-state index contributed by atoms with van der Waals surface area (Å²) in [5, 5.41) is 5.92. The van der Waals surface area contributed by atoms with Crippen LogP contribution >= 0.6 is 12.2 Å². The average Bonchev–Trinajstić information content (AvgIpc) is 2.58. The van der Waals surface area contributed by atoms with Crippen LogP contribution < -0.4 is 26.2 Å². The molecule has 0 fully saturated rings. The van der Waals surface area contributed by atoms with Gasteiger partial charge in [0.25, 0.3) is 11.8 Å². The van der Waals surface area contributed by atoms with Crippen LogP contribution in [-0.4, -0.2) is 36.1 Å². The van der Waals surface area contributed by atoms with Crippen molar-refractivity contribution in [3.05, 3.63) is 29.8 Å². The monoisotopic (exact) mass is 366 g/mol. The molecule has 0 saturated heterocycles. The number of hydrogen-bond donors (Lipinski definition) is 4. The van der Waals surface area contributed by atoms with E-state index in [4.69, 9.17) is 17.0 Å². The zero-order chi connectivity index (χ0) is 18.8. The van der Waals surface area contributed by atoms with Crippen LogP contribution in [-0.2, 0) is 4.79 Å². The van der Waals surface area contributed by atoms with Crippen LogP contribution in [0.2, 0.25) is 0 Å². The van der Waals surface area contributed by atoms with Gasteiger partial charge in [0.2, 0.25) is 0 Å². The molecule has 0 bridgehead atoms. The van der Waals surface area contributed by atoms with Crippen LogP contribution in [0.3, 0.4) is 0 Å². The Morgan fingerprint density at radius 3 is 2.44 bits per heavy atom. The third kappa shape index (κ3) is 6.58. The maximum atomic E-state index is 12.6. The predicted molar refractivity (Wildman–Crippen MR) is 101 cm³/mol. The number of benzene rings is 1. The summed E-state index contributed by atoms with van der Waals surface area (Å²) in [5.74, 6) is -0.376. The quantitative estimate of drug-likeness (QED) is 0.430. The maximum absolute atomic E-state index is 12.6. The van der Waals surface area contributed by atoms with Crippen molar-refractivity contribution < 1.29 is 14.3 Å². The number of ether oxygens (including phenoxy) is 1. The number of para-hydroxylation sites is 1. The van der Waals surface area contributed by atoms with Crippen molar-refractivity contribution in [2.45, 2.75) is 33.7 Å². The molecule has 0 heterocycles. The van der Waals surface area contributed by atoms with E-state index in [0.717, 1.165) is 0 Å². The van der Waals surface area contributed by atoms with Gasteiger partial charge in [-0.3, -0.25) is 20.4 Å². The van der Waals surface area contributed by atoms with E-state index >= 15 is 0 Å². The standard InChI is InChI=1S/C17H26N4O3S/c1-5-18-17(25)21-20-16(23)14(11(3)4)19-15(22)12-9-7-8-10-13(12)24-6-2/h7-11,14H,5-6H2,1-4H3,(H,19,22)(H,20,23)(H2,18,21,25). The van der Waals surface area contributed by atoms with Crippen molar-refractivity contribution in [3.8, 4) is 5.75 Å². The van der Waals surface area contributed by atoms with Crippen molar-refractivity contribution in [1.82, 2.24) is 21.5 Å². The highest BCUT2D eigenvalue weighted by molar-refractivity contribution is 7.80. The zero-order valence-corrected chi connectivity index (χ0v) is 15.8. The van der Waals surface area contributed by atoms with E-state index in [1.165, 1.54) is 0 Å². The SMILES string of the molecule is CCNC(=S)NNC(=O)C(NC(=O)c1ccccc1OCC)C(C)C. The molecule has 0 aliphatic carbocycles. The molecular weight excluding hydrogens is 340 g/mol. The lowest BCUT2D eigenvalue weighted by Gasteiger charge is -2.22. The Morgan fingerprint density at radius 1 is 1.16 bits per heavy atom. The Morgan fingerprint density at radius 2 is 1.84 bits per heavy atom. The van der Waals surface area contributed by atoms with Crippen LogP contribution in [0, 0.1) is 5.92 Å². The van der Waals surface area contributed by atoms with Gasteiger partial charge < -0.3 is 15.4 Å². The van der Waals surface area contributed by atoms with Gasteiger partial charge in [-0.25, -0.2) is 0 Å². The number of nitrogens with one attached hydrogen (secondary N) is 4. The van der Waals surface area contributed by atoms with Crippen LogP contribution in [0.5, 0.6) is 5.75 Å². The topological polar surface area (TPSA) is 91.5 Å². The van der Waals surface area contributed by atoms with Gasteiger partial charge in [-0.05, 0) is 44.1 Å². The Hall–Kier alpha value is -2.35. The molecule has 1 atom stereocenters. The lowest BCUT2D eigenvalue weighted by atomic mass is 10.0. The number of thiocarbonyl (C=S) groups is 1. The third-order valence-electron chi connectivity index (χ3n) is 3.30. The first-order valence-electron chi connectivity index (χ1n) is 8.27. The van der Waals surface area contributed by atoms with Crippen molar-refractivity contribution in [2.24, 2.45) is 5.92 Å². The van der Waals surface area contributed by atoms with Crippen LogP contribution in [0.1, 0.15) is 38.1 Å². The zero-order valence-electron chi connectivity index (χ0n) is 15.0. The van der Waals surface area contributed by atoms with E-state index < -0.39 is 6.04 Å². The van der Waals surface area contributed by atoms with Crippen LogP contribution in [0.15, 0.2) is 24.3 Å². The van der Waals surface area contributed by atoms with Gasteiger partial charge >= 0.3 is 0 Å². The second-order valence-corrected chi connectivity index (χ2v) is 6.01. The lowest BCUT2D eigenvalue weighted by Crippen LogP contribution is -2.55. The number of rotatable bonds is 7. The Balaban J connectivity index is 2.79. The fraction of sp³-hybridized carbons (Fsp3) is 0.471. The first-order valence-corrected chi connectivity index (χ1v) is 8.67. The summed E-state index contributed by atoms with van der Waals surface area (Å²) in [6.45, 7) is 8.52. The fourth-order valence-electron chi connectivity index (χ4n) is 2.09. The van der Waals surface area contributed by atoms with Crippen LogP contribution in [0.25, 0.3) is 0 Å². The lowest BCUT2D eigenvalue weighted by molar-refractivity contribution is -0.124. The maximum Gasteiger partial charge on any atom is 0.261 e. The molecule has 0 saturated carbocycles. The van der Waals surface area contributed by atoms with Gasteiger partial charge in [0, 0.05) is 6.54 Å². The van der Waals surface area contributed by atoms with Gasteiger partial charge in [0.1, 0.15) is 11.8 Å². The smallest absolute Gasteiger partial charge is 0.261 e. The van der Waals surface area contributed by atoms with E-state index in [1.54, 1.807) is 24.3 Å². The highest BCUT2D eigenvalue weighted by atomic mass is 32.1. The first-order chi connectivity index (χ1) is 11.9. The summed E-state index contributed by atoms with van der Waals surface area (Å²) in [4.78, 5) is 24.9. The fourth-order valence-corrected chi connectivity index (χ4v) is 2.29. The summed E-state index contributed by atoms with van der Waals surface area (Å²) < 4.78 is 5.47. The molecule has 0 aliphatic rings. The second-order valence-electron chi connectivity index (χ2n) is 5.60. The molecular formula is C17H26N4O3S. The normalized spacial score (nSPS) is 11.4. The minimum atomic E-state index is -0.723. The molecule has 25 heavy (non-hydrogen) atoms. The minimum Gasteiger partial charge on any atom is -0.493 e. The Kier molecular flexibility index (Phi) is 8.69.